The molecule has 6 rings (SSSR count). The molecule has 0 saturated carbocycles. The van der Waals surface area contributed by atoms with E-state index in [-0.39, 0.29) is 18.0 Å². The lowest BCUT2D eigenvalue weighted by Gasteiger charge is -2.27. The third kappa shape index (κ3) is 2.90. The highest BCUT2D eigenvalue weighted by molar-refractivity contribution is 6.05. The van der Waals surface area contributed by atoms with Gasteiger partial charge in [-0.1, -0.05) is 54.6 Å². The number of benzene rings is 2. The molecule has 4 heterocycles. The number of nitrogens with one attached hydrogen (secondary N) is 1. The summed E-state index contributed by atoms with van der Waals surface area (Å²) in [6.07, 6.45) is 2.18. The van der Waals surface area contributed by atoms with E-state index in [2.05, 4.69) is 10.1 Å². The molecule has 1 N–H and O–H groups in total. The predicted octanol–water partition coefficient (Wildman–Crippen LogP) is 3.44. The molecule has 0 spiro atoms. The van der Waals surface area contributed by atoms with Gasteiger partial charge in [-0.2, -0.15) is 0 Å². The number of pyridine rings is 1. The average Bonchev–Trinajstić information content (AvgIpc) is 3.28. The SMILES string of the molecule is O=C(c1nccc2ccccc12)N1CCc2nc3cc(-c4ccccc4)[nH]n3c(=O)c2C1. The second-order valence-electron chi connectivity index (χ2n) is 7.93. The van der Waals surface area contributed by atoms with E-state index in [9.17, 15) is 9.59 Å². The second kappa shape index (κ2) is 7.16. The number of carbonyl (C=O) groups excluding carboxylic acids is 1. The smallest absolute Gasteiger partial charge is 0.277 e. The van der Waals surface area contributed by atoms with Crippen LogP contribution in [0.2, 0.25) is 0 Å². The van der Waals surface area contributed by atoms with Crippen LogP contribution in [0.5, 0.6) is 0 Å². The maximum absolute atomic E-state index is 13.3. The van der Waals surface area contributed by atoms with Gasteiger partial charge in [0.25, 0.3) is 11.5 Å². The van der Waals surface area contributed by atoms with Crippen LogP contribution in [-0.2, 0) is 13.0 Å². The van der Waals surface area contributed by atoms with Crippen LogP contribution in [0.3, 0.4) is 0 Å². The predicted molar refractivity (Wildman–Crippen MR) is 121 cm³/mol. The molecule has 3 aromatic heterocycles. The summed E-state index contributed by atoms with van der Waals surface area (Å²) in [6, 6.07) is 21.3. The monoisotopic (exact) mass is 421 g/mol. The number of nitrogens with zero attached hydrogens (tertiary/aromatic N) is 4. The molecule has 0 atom stereocenters. The quantitative estimate of drug-likeness (QED) is 0.473. The van der Waals surface area contributed by atoms with E-state index in [0.717, 1.165) is 27.7 Å². The fourth-order valence-corrected chi connectivity index (χ4v) is 4.36. The molecule has 0 saturated heterocycles. The summed E-state index contributed by atoms with van der Waals surface area (Å²) in [5.74, 6) is -0.173. The molecule has 0 fully saturated rings. The average molecular weight is 421 g/mol. The van der Waals surface area contributed by atoms with Gasteiger partial charge in [0, 0.05) is 30.6 Å². The van der Waals surface area contributed by atoms with Crippen molar-refractivity contribution in [1.29, 1.82) is 0 Å². The molecule has 5 aromatic rings. The van der Waals surface area contributed by atoms with Crippen LogP contribution in [0.15, 0.2) is 77.7 Å². The van der Waals surface area contributed by atoms with E-state index in [4.69, 9.17) is 4.98 Å². The largest absolute Gasteiger partial charge is 0.332 e. The van der Waals surface area contributed by atoms with Crippen LogP contribution in [0.4, 0.5) is 0 Å². The Hall–Kier alpha value is -4.26. The van der Waals surface area contributed by atoms with Crippen molar-refractivity contribution in [2.24, 2.45) is 0 Å². The summed E-state index contributed by atoms with van der Waals surface area (Å²) in [7, 11) is 0. The zero-order chi connectivity index (χ0) is 21.7. The normalized spacial score (nSPS) is 13.4. The van der Waals surface area contributed by atoms with Crippen LogP contribution < -0.4 is 5.56 Å². The number of hydrogen-bond acceptors (Lipinski definition) is 4. The summed E-state index contributed by atoms with van der Waals surface area (Å²) in [4.78, 5) is 37.3. The fourth-order valence-electron chi connectivity index (χ4n) is 4.36. The fraction of sp³-hybridized carbons (Fsp3) is 0.120. The van der Waals surface area contributed by atoms with Crippen LogP contribution in [0.1, 0.15) is 21.7 Å². The Morgan fingerprint density at radius 2 is 1.81 bits per heavy atom. The number of fused-ring (bicyclic) bond motifs is 3. The van der Waals surface area contributed by atoms with Crippen LogP contribution in [0.25, 0.3) is 27.7 Å². The van der Waals surface area contributed by atoms with Gasteiger partial charge in [0.1, 0.15) is 5.69 Å². The molecule has 1 amide bonds. The molecule has 0 unspecified atom stereocenters. The van der Waals surface area contributed by atoms with Gasteiger partial charge in [0.15, 0.2) is 5.65 Å². The molecule has 156 valence electrons. The van der Waals surface area contributed by atoms with Crippen molar-refractivity contribution in [3.63, 3.8) is 0 Å². The van der Waals surface area contributed by atoms with Crippen molar-refractivity contribution < 1.29 is 4.79 Å². The number of hydrogen-bond donors (Lipinski definition) is 1. The summed E-state index contributed by atoms with van der Waals surface area (Å²) in [5, 5.41) is 4.93. The first-order valence-corrected chi connectivity index (χ1v) is 10.5. The third-order valence-corrected chi connectivity index (χ3v) is 6.01. The lowest BCUT2D eigenvalue weighted by Crippen LogP contribution is -2.40. The minimum atomic E-state index is -0.173. The van der Waals surface area contributed by atoms with E-state index < -0.39 is 0 Å². The van der Waals surface area contributed by atoms with Crippen molar-refractivity contribution in [2.75, 3.05) is 6.54 Å². The molecule has 0 aliphatic carbocycles. The van der Waals surface area contributed by atoms with Crippen LogP contribution >= 0.6 is 0 Å². The van der Waals surface area contributed by atoms with Crippen molar-refractivity contribution in [2.45, 2.75) is 13.0 Å². The van der Waals surface area contributed by atoms with E-state index in [1.54, 1.807) is 11.1 Å². The highest BCUT2D eigenvalue weighted by Gasteiger charge is 2.27. The molecule has 2 aromatic carbocycles. The van der Waals surface area contributed by atoms with Gasteiger partial charge < -0.3 is 4.90 Å². The standard InChI is InChI=1S/C25H19N5O2/c31-24-19-15-29(25(32)23-18-9-5-4-6-16(18)10-12-26-23)13-11-20(19)27-22-14-21(28-30(22)24)17-7-2-1-3-8-17/h1-10,12,14,28H,11,13,15H2. The summed E-state index contributed by atoms with van der Waals surface area (Å²) in [6.45, 7) is 0.711. The second-order valence-corrected chi connectivity index (χ2v) is 7.93. The van der Waals surface area contributed by atoms with E-state index in [0.29, 0.717) is 29.9 Å². The number of amides is 1. The highest BCUT2D eigenvalue weighted by Crippen LogP contribution is 2.23. The van der Waals surface area contributed by atoms with Gasteiger partial charge in [0.2, 0.25) is 0 Å². The maximum Gasteiger partial charge on any atom is 0.277 e. The Kier molecular flexibility index (Phi) is 4.14. The Labute approximate surface area is 183 Å². The molecular formula is C25H19N5O2. The van der Waals surface area contributed by atoms with Gasteiger partial charge in [0.05, 0.1) is 23.5 Å². The van der Waals surface area contributed by atoms with Gasteiger partial charge in [-0.3, -0.25) is 19.7 Å². The van der Waals surface area contributed by atoms with Crippen molar-refractivity contribution in [3.05, 3.63) is 100 Å². The van der Waals surface area contributed by atoms with Gasteiger partial charge in [-0.15, -0.1) is 0 Å². The minimum Gasteiger partial charge on any atom is -0.332 e. The van der Waals surface area contributed by atoms with Crippen molar-refractivity contribution >= 4 is 22.3 Å². The Morgan fingerprint density at radius 1 is 1.00 bits per heavy atom. The number of aromatic nitrogens is 4. The lowest BCUT2D eigenvalue weighted by atomic mass is 10.0. The minimum absolute atomic E-state index is 0.171. The number of H-pyrrole nitrogens is 1. The summed E-state index contributed by atoms with van der Waals surface area (Å²) >= 11 is 0. The number of rotatable bonds is 2. The molecule has 7 heteroatoms. The first-order chi connectivity index (χ1) is 15.7. The molecule has 1 aliphatic rings. The molecule has 0 radical (unpaired) electrons. The van der Waals surface area contributed by atoms with E-state index >= 15 is 0 Å². The van der Waals surface area contributed by atoms with Crippen LogP contribution in [-0.4, -0.2) is 36.9 Å². The zero-order valence-electron chi connectivity index (χ0n) is 17.2. The Morgan fingerprint density at radius 3 is 2.69 bits per heavy atom. The molecule has 0 bridgehead atoms. The Balaban J connectivity index is 1.38. The molecule has 1 aliphatic heterocycles. The van der Waals surface area contributed by atoms with Crippen molar-refractivity contribution in [3.8, 4) is 11.3 Å². The first-order valence-electron chi connectivity index (χ1n) is 10.5. The topological polar surface area (TPSA) is 83.4 Å². The zero-order valence-corrected chi connectivity index (χ0v) is 17.2. The molecule has 32 heavy (non-hydrogen) atoms. The van der Waals surface area contributed by atoms with Crippen LogP contribution in [0, 0.1) is 0 Å². The Bertz CT molecular complexity index is 1550. The maximum atomic E-state index is 13.3. The highest BCUT2D eigenvalue weighted by atomic mass is 16.2. The summed E-state index contributed by atoms with van der Waals surface area (Å²) < 4.78 is 1.46. The van der Waals surface area contributed by atoms with E-state index in [1.165, 1.54) is 4.52 Å². The lowest BCUT2D eigenvalue weighted by molar-refractivity contribution is 0.0729. The number of aromatic amines is 1. The third-order valence-electron chi connectivity index (χ3n) is 6.01. The molecule has 7 nitrogen and oxygen atoms in total. The summed E-state index contributed by atoms with van der Waals surface area (Å²) in [5.41, 5.74) is 3.93. The van der Waals surface area contributed by atoms with Gasteiger partial charge in [-0.05, 0) is 17.0 Å². The van der Waals surface area contributed by atoms with E-state index in [1.807, 2.05) is 66.7 Å². The number of carbonyl (C=O) groups is 1. The van der Waals surface area contributed by atoms with Gasteiger partial charge in [-0.25, -0.2) is 9.50 Å². The van der Waals surface area contributed by atoms with Gasteiger partial charge >= 0.3 is 0 Å². The first kappa shape index (κ1) is 18.5. The molecular weight excluding hydrogens is 402 g/mol. The van der Waals surface area contributed by atoms with Crippen molar-refractivity contribution in [1.82, 2.24) is 24.5 Å².